The highest BCUT2D eigenvalue weighted by Crippen LogP contribution is 2.20. The van der Waals surface area contributed by atoms with Crippen LogP contribution in [0.25, 0.3) is 0 Å². The average molecular weight is 245 g/mol. The molecule has 1 radical (unpaired) electrons. The van der Waals surface area contributed by atoms with E-state index >= 15 is 0 Å². The van der Waals surface area contributed by atoms with Crippen molar-refractivity contribution < 1.29 is 24.5 Å². The Morgan fingerprint density at radius 2 is 1.82 bits per heavy atom. The van der Waals surface area contributed by atoms with Crippen molar-refractivity contribution in [2.45, 2.75) is 26.6 Å². The summed E-state index contributed by atoms with van der Waals surface area (Å²) in [5.74, 6) is 0. The van der Waals surface area contributed by atoms with Crippen molar-refractivity contribution in [2.75, 3.05) is 33.2 Å². The van der Waals surface area contributed by atoms with Gasteiger partial charge in [0, 0.05) is 18.6 Å². The molecule has 0 unspecified atom stereocenters. The molecule has 0 aromatic heterocycles. The number of rotatable bonds is 11. The molecule has 0 saturated heterocycles. The van der Waals surface area contributed by atoms with E-state index in [4.69, 9.17) is 14.9 Å². The fraction of sp³-hybridized carbons (Fsp3) is 0.909. The number of hydrogen-bond acceptors (Lipinski definition) is 5. The van der Waals surface area contributed by atoms with Gasteiger partial charge in [0.25, 0.3) is 0 Å². The summed E-state index contributed by atoms with van der Waals surface area (Å²) in [6, 6.07) is 0. The normalized spacial score (nSPS) is 11.5. The first kappa shape index (κ1) is 16.6. The summed E-state index contributed by atoms with van der Waals surface area (Å²) in [7, 11) is 1.60. The lowest BCUT2D eigenvalue weighted by molar-refractivity contribution is -0.120. The zero-order valence-corrected chi connectivity index (χ0v) is 10.6. The standard InChI is InChI=1S/C11H22BO5/c1-11(2,3-5-13)10(15)12-4-6-16-7-8-17-9-14/h13-14H,3-9H2,1-2H3. The molecule has 0 aromatic rings. The van der Waals surface area contributed by atoms with Gasteiger partial charge in [-0.25, -0.2) is 0 Å². The summed E-state index contributed by atoms with van der Waals surface area (Å²) < 4.78 is 9.86. The molecule has 2 N–H and O–H groups in total. The van der Waals surface area contributed by atoms with Crippen molar-refractivity contribution in [1.29, 1.82) is 0 Å². The van der Waals surface area contributed by atoms with Gasteiger partial charge in [-0.3, -0.25) is 0 Å². The molecule has 0 atom stereocenters. The van der Waals surface area contributed by atoms with Crippen LogP contribution in [-0.4, -0.2) is 56.4 Å². The first-order valence-corrected chi connectivity index (χ1v) is 5.79. The Kier molecular flexibility index (Phi) is 9.35. The van der Waals surface area contributed by atoms with E-state index in [1.54, 1.807) is 7.28 Å². The second kappa shape index (κ2) is 9.59. The minimum atomic E-state index is -0.505. The molecular weight excluding hydrogens is 223 g/mol. The molecule has 0 aliphatic heterocycles. The van der Waals surface area contributed by atoms with E-state index < -0.39 is 5.41 Å². The van der Waals surface area contributed by atoms with E-state index in [9.17, 15) is 4.79 Å². The van der Waals surface area contributed by atoms with Gasteiger partial charge in [0.2, 0.25) is 7.28 Å². The van der Waals surface area contributed by atoms with Gasteiger partial charge in [-0.2, -0.15) is 0 Å². The summed E-state index contributed by atoms with van der Waals surface area (Å²) in [4.78, 5) is 11.7. The van der Waals surface area contributed by atoms with E-state index in [0.29, 0.717) is 32.6 Å². The van der Waals surface area contributed by atoms with E-state index in [2.05, 4.69) is 4.74 Å². The SMILES string of the molecule is CC(C)(CCO)C(=O)[B]CCOCCOCO. The predicted molar refractivity (Wildman–Crippen MR) is 64.9 cm³/mol. The number of aliphatic hydroxyl groups excluding tert-OH is 2. The van der Waals surface area contributed by atoms with Gasteiger partial charge >= 0.3 is 0 Å². The molecule has 0 heterocycles. The summed E-state index contributed by atoms with van der Waals surface area (Å²) in [6.07, 6.45) is 1.01. The van der Waals surface area contributed by atoms with Gasteiger partial charge in [0.1, 0.15) is 6.79 Å². The smallest absolute Gasteiger partial charge is 0.205 e. The first-order valence-electron chi connectivity index (χ1n) is 5.79. The third-order valence-corrected chi connectivity index (χ3v) is 2.46. The molecule has 17 heavy (non-hydrogen) atoms. The summed E-state index contributed by atoms with van der Waals surface area (Å²) >= 11 is 0. The van der Waals surface area contributed by atoms with Crippen LogP contribution in [0.2, 0.25) is 6.32 Å². The first-order chi connectivity index (χ1) is 8.04. The molecule has 5 nitrogen and oxygen atoms in total. The maximum atomic E-state index is 11.7. The van der Waals surface area contributed by atoms with E-state index in [1.165, 1.54) is 0 Å². The van der Waals surface area contributed by atoms with Crippen molar-refractivity contribution >= 4 is 13.0 Å². The maximum absolute atomic E-state index is 11.7. The van der Waals surface area contributed by atoms with Crippen LogP contribution in [0.3, 0.4) is 0 Å². The van der Waals surface area contributed by atoms with E-state index in [-0.39, 0.29) is 19.1 Å². The lowest BCUT2D eigenvalue weighted by Gasteiger charge is -2.21. The van der Waals surface area contributed by atoms with Crippen molar-refractivity contribution in [2.24, 2.45) is 5.41 Å². The number of hydrogen-bond donors (Lipinski definition) is 2. The molecule has 0 fully saturated rings. The zero-order valence-electron chi connectivity index (χ0n) is 10.6. The van der Waals surface area contributed by atoms with Gasteiger partial charge in [0.15, 0.2) is 0 Å². The molecule has 0 amide bonds. The van der Waals surface area contributed by atoms with Crippen molar-refractivity contribution in [3.05, 3.63) is 0 Å². The highest BCUT2D eigenvalue weighted by atomic mass is 16.6. The topological polar surface area (TPSA) is 76.0 Å². The molecule has 0 aliphatic rings. The van der Waals surface area contributed by atoms with Crippen molar-refractivity contribution in [3.8, 4) is 0 Å². The molecule has 0 spiro atoms. The van der Waals surface area contributed by atoms with Gasteiger partial charge in [-0.1, -0.05) is 13.8 Å². The van der Waals surface area contributed by atoms with Gasteiger partial charge in [-0.15, -0.1) is 0 Å². The van der Waals surface area contributed by atoms with Crippen LogP contribution in [0.5, 0.6) is 0 Å². The largest absolute Gasteiger partial charge is 0.396 e. The third-order valence-electron chi connectivity index (χ3n) is 2.46. The summed E-state index contributed by atoms with van der Waals surface area (Å²) in [5, 5.41) is 17.2. The summed E-state index contributed by atoms with van der Waals surface area (Å²) in [6.45, 7) is 4.56. The molecular formula is C11H22BO5. The fourth-order valence-corrected chi connectivity index (χ4v) is 1.24. The highest BCUT2D eigenvalue weighted by Gasteiger charge is 2.25. The van der Waals surface area contributed by atoms with E-state index in [0.717, 1.165) is 0 Å². The van der Waals surface area contributed by atoms with Crippen molar-refractivity contribution in [1.82, 2.24) is 0 Å². The monoisotopic (exact) mass is 245 g/mol. The molecule has 0 bridgehead atoms. The highest BCUT2D eigenvalue weighted by molar-refractivity contribution is 6.74. The van der Waals surface area contributed by atoms with Crippen LogP contribution in [0.15, 0.2) is 0 Å². The Morgan fingerprint density at radius 3 is 2.41 bits per heavy atom. The second-order valence-electron chi connectivity index (χ2n) is 4.36. The zero-order chi connectivity index (χ0) is 13.1. The van der Waals surface area contributed by atoms with Gasteiger partial charge < -0.3 is 24.5 Å². The van der Waals surface area contributed by atoms with Gasteiger partial charge in [-0.05, 0) is 12.7 Å². The minimum absolute atomic E-state index is 0.0155. The summed E-state index contributed by atoms with van der Waals surface area (Å²) in [5.41, 5.74) is -0.476. The number of carbonyl (C=O) groups is 1. The average Bonchev–Trinajstić information content (AvgIpc) is 2.27. The van der Waals surface area contributed by atoms with E-state index in [1.807, 2.05) is 13.8 Å². The van der Waals surface area contributed by atoms with Gasteiger partial charge in [0.05, 0.1) is 18.9 Å². The van der Waals surface area contributed by atoms with Crippen molar-refractivity contribution in [3.63, 3.8) is 0 Å². The Bertz CT molecular complexity index is 208. The number of carbonyl (C=O) groups excluding carboxylic acids is 1. The lowest BCUT2D eigenvalue weighted by atomic mass is 9.60. The predicted octanol–water partition coefficient (Wildman–Crippen LogP) is 0.0271. The van der Waals surface area contributed by atoms with Crippen LogP contribution in [0.4, 0.5) is 0 Å². The molecule has 6 heteroatoms. The Hall–Kier alpha value is -0.425. The Balaban J connectivity index is 3.51. The molecule has 0 aromatic carbocycles. The molecule has 0 saturated carbocycles. The third kappa shape index (κ3) is 8.32. The van der Waals surface area contributed by atoms with Crippen LogP contribution < -0.4 is 0 Å². The molecule has 0 aliphatic carbocycles. The lowest BCUT2D eigenvalue weighted by Crippen LogP contribution is -2.30. The van der Waals surface area contributed by atoms with Crippen LogP contribution in [0, 0.1) is 5.41 Å². The quantitative estimate of drug-likeness (QED) is 0.305. The Morgan fingerprint density at radius 1 is 1.18 bits per heavy atom. The van der Waals surface area contributed by atoms with Crippen LogP contribution >= 0.6 is 0 Å². The fourth-order valence-electron chi connectivity index (χ4n) is 1.24. The number of aliphatic hydroxyl groups is 2. The minimum Gasteiger partial charge on any atom is -0.396 e. The second-order valence-corrected chi connectivity index (χ2v) is 4.36. The maximum Gasteiger partial charge on any atom is 0.205 e. The molecule has 0 rings (SSSR count). The van der Waals surface area contributed by atoms with Crippen LogP contribution in [0.1, 0.15) is 20.3 Å². The molecule has 99 valence electrons. The number of ether oxygens (including phenoxy) is 2. The van der Waals surface area contributed by atoms with Crippen LogP contribution in [-0.2, 0) is 14.3 Å². The Labute approximate surface area is 103 Å².